The zero-order valence-corrected chi connectivity index (χ0v) is 12.9. The van der Waals surface area contributed by atoms with Crippen molar-refractivity contribution >= 4 is 11.9 Å². The summed E-state index contributed by atoms with van der Waals surface area (Å²) < 4.78 is 0. The number of urea groups is 1. The fourth-order valence-corrected chi connectivity index (χ4v) is 3.76. The minimum atomic E-state index is -0.684. The van der Waals surface area contributed by atoms with E-state index in [-0.39, 0.29) is 11.8 Å². The van der Waals surface area contributed by atoms with Crippen LogP contribution in [0.15, 0.2) is 0 Å². The van der Waals surface area contributed by atoms with E-state index < -0.39 is 11.6 Å². The van der Waals surface area contributed by atoms with Crippen LogP contribution < -0.4 is 16.8 Å². The Morgan fingerprint density at radius 2 is 2.10 bits per heavy atom. The fourth-order valence-electron chi connectivity index (χ4n) is 3.76. The predicted octanol–water partition coefficient (Wildman–Crippen LogP) is 0.801. The summed E-state index contributed by atoms with van der Waals surface area (Å²) in [6, 6.07) is -0.505. The lowest BCUT2D eigenvalue weighted by Crippen LogP contribution is -2.59. The first-order chi connectivity index (χ1) is 9.90. The van der Waals surface area contributed by atoms with E-state index in [2.05, 4.69) is 12.2 Å². The Morgan fingerprint density at radius 3 is 2.76 bits per heavy atom. The van der Waals surface area contributed by atoms with Crippen LogP contribution in [0.2, 0.25) is 0 Å². The van der Waals surface area contributed by atoms with Gasteiger partial charge in [-0.15, -0.1) is 0 Å². The van der Waals surface area contributed by atoms with Gasteiger partial charge in [0.25, 0.3) is 0 Å². The van der Waals surface area contributed by atoms with Crippen molar-refractivity contribution in [1.29, 1.82) is 0 Å². The molecule has 1 heterocycles. The zero-order valence-electron chi connectivity index (χ0n) is 12.9. The van der Waals surface area contributed by atoms with Gasteiger partial charge < -0.3 is 21.7 Å². The summed E-state index contributed by atoms with van der Waals surface area (Å²) >= 11 is 0. The van der Waals surface area contributed by atoms with Crippen LogP contribution in [0.1, 0.15) is 45.4 Å². The maximum Gasteiger partial charge on any atom is 0.312 e. The minimum absolute atomic E-state index is 0.0952. The van der Waals surface area contributed by atoms with Crippen molar-refractivity contribution in [3.05, 3.63) is 0 Å². The number of piperidine rings is 1. The van der Waals surface area contributed by atoms with E-state index in [1.807, 2.05) is 4.90 Å². The second-order valence-electron chi connectivity index (χ2n) is 6.86. The Labute approximate surface area is 126 Å². The Kier molecular flexibility index (Phi) is 5.08. The minimum Gasteiger partial charge on any atom is -0.352 e. The third-order valence-corrected chi connectivity index (χ3v) is 4.83. The van der Waals surface area contributed by atoms with Gasteiger partial charge in [0.15, 0.2) is 0 Å². The summed E-state index contributed by atoms with van der Waals surface area (Å²) in [6.45, 7) is 4.16. The Balaban J connectivity index is 1.93. The normalized spacial score (nSPS) is 33.5. The van der Waals surface area contributed by atoms with Gasteiger partial charge in [-0.3, -0.25) is 4.79 Å². The highest BCUT2D eigenvalue weighted by Gasteiger charge is 2.41. The van der Waals surface area contributed by atoms with Crippen molar-refractivity contribution in [3.8, 4) is 0 Å². The quantitative estimate of drug-likeness (QED) is 0.718. The third kappa shape index (κ3) is 4.09. The van der Waals surface area contributed by atoms with E-state index in [1.165, 1.54) is 0 Å². The molecule has 0 bridgehead atoms. The third-order valence-electron chi connectivity index (χ3n) is 4.83. The second-order valence-corrected chi connectivity index (χ2v) is 6.86. The van der Waals surface area contributed by atoms with E-state index in [0.717, 1.165) is 45.1 Å². The number of nitrogens with two attached hydrogens (primary N) is 2. The average Bonchev–Trinajstić information content (AvgIpc) is 2.44. The number of carbonyl (C=O) groups is 2. The lowest BCUT2D eigenvalue weighted by molar-refractivity contribution is -0.140. The van der Waals surface area contributed by atoms with Gasteiger partial charge in [0.2, 0.25) is 5.91 Å². The van der Waals surface area contributed by atoms with Crippen LogP contribution in [0.4, 0.5) is 4.79 Å². The largest absolute Gasteiger partial charge is 0.352 e. The molecule has 0 radical (unpaired) electrons. The first-order valence-corrected chi connectivity index (χ1v) is 8.02. The maximum absolute atomic E-state index is 12.8. The van der Waals surface area contributed by atoms with Gasteiger partial charge in [-0.05, 0) is 37.5 Å². The monoisotopic (exact) mass is 296 g/mol. The summed E-state index contributed by atoms with van der Waals surface area (Å²) in [5, 5.41) is 2.64. The Morgan fingerprint density at radius 1 is 1.33 bits per heavy atom. The molecule has 1 aliphatic heterocycles. The molecular weight excluding hydrogens is 268 g/mol. The first kappa shape index (κ1) is 16.1. The fraction of sp³-hybridized carbons (Fsp3) is 0.867. The summed E-state index contributed by atoms with van der Waals surface area (Å²) in [5.74, 6) is 0.891. The second kappa shape index (κ2) is 6.64. The SMILES string of the molecule is CC1CCCC(N)(C(=O)N2CCCC(CNC(N)=O)C2)C1. The molecule has 1 saturated heterocycles. The van der Waals surface area contributed by atoms with Gasteiger partial charge in [0.05, 0.1) is 5.54 Å². The number of hydrogen-bond donors (Lipinski definition) is 3. The van der Waals surface area contributed by atoms with Crippen molar-refractivity contribution in [1.82, 2.24) is 10.2 Å². The molecule has 5 N–H and O–H groups in total. The molecule has 1 saturated carbocycles. The van der Waals surface area contributed by atoms with Crippen LogP contribution >= 0.6 is 0 Å². The number of nitrogens with one attached hydrogen (secondary N) is 1. The van der Waals surface area contributed by atoms with Crippen LogP contribution in [0.5, 0.6) is 0 Å². The van der Waals surface area contributed by atoms with E-state index >= 15 is 0 Å². The molecule has 6 heteroatoms. The standard InChI is InChI=1S/C15H28N4O2/c1-11-4-2-6-15(17,8-11)13(20)19-7-3-5-12(10-19)9-18-14(16)21/h11-12H,2-10,17H2,1H3,(H3,16,18,21). The molecule has 3 atom stereocenters. The summed E-state index contributed by atoms with van der Waals surface area (Å²) in [4.78, 5) is 25.5. The molecule has 21 heavy (non-hydrogen) atoms. The van der Waals surface area contributed by atoms with Crippen molar-refractivity contribution < 1.29 is 9.59 Å². The van der Waals surface area contributed by atoms with Gasteiger partial charge in [0, 0.05) is 19.6 Å². The van der Waals surface area contributed by atoms with Crippen LogP contribution in [0.25, 0.3) is 0 Å². The molecule has 0 spiro atoms. The van der Waals surface area contributed by atoms with Crippen molar-refractivity contribution in [2.45, 2.75) is 51.0 Å². The van der Waals surface area contributed by atoms with Crippen LogP contribution in [-0.2, 0) is 4.79 Å². The van der Waals surface area contributed by atoms with Gasteiger partial charge in [-0.2, -0.15) is 0 Å². The number of rotatable bonds is 3. The van der Waals surface area contributed by atoms with E-state index in [0.29, 0.717) is 19.0 Å². The number of hydrogen-bond acceptors (Lipinski definition) is 3. The van der Waals surface area contributed by atoms with Crippen molar-refractivity contribution in [2.24, 2.45) is 23.3 Å². The van der Waals surface area contributed by atoms with Crippen LogP contribution in [-0.4, -0.2) is 42.0 Å². The molecule has 6 nitrogen and oxygen atoms in total. The van der Waals surface area contributed by atoms with Crippen LogP contribution in [0, 0.1) is 11.8 Å². The van der Waals surface area contributed by atoms with Gasteiger partial charge in [-0.1, -0.05) is 19.8 Å². The number of likely N-dealkylation sites (tertiary alicyclic amines) is 1. The molecule has 120 valence electrons. The molecule has 2 aliphatic rings. The highest BCUT2D eigenvalue weighted by Crippen LogP contribution is 2.32. The number of carbonyl (C=O) groups excluding carboxylic acids is 2. The predicted molar refractivity (Wildman–Crippen MR) is 81.4 cm³/mol. The van der Waals surface area contributed by atoms with E-state index in [9.17, 15) is 9.59 Å². The molecule has 3 amide bonds. The number of amides is 3. The molecular formula is C15H28N4O2. The van der Waals surface area contributed by atoms with Gasteiger partial charge in [0.1, 0.15) is 0 Å². The van der Waals surface area contributed by atoms with Crippen LogP contribution in [0.3, 0.4) is 0 Å². The average molecular weight is 296 g/mol. The van der Waals surface area contributed by atoms with E-state index in [1.54, 1.807) is 0 Å². The van der Waals surface area contributed by atoms with Crippen molar-refractivity contribution in [2.75, 3.05) is 19.6 Å². The number of nitrogens with zero attached hydrogens (tertiary/aromatic N) is 1. The summed E-state index contributed by atoms with van der Waals surface area (Å²) in [7, 11) is 0. The van der Waals surface area contributed by atoms with Gasteiger partial charge in [-0.25, -0.2) is 4.79 Å². The highest BCUT2D eigenvalue weighted by molar-refractivity contribution is 5.86. The first-order valence-electron chi connectivity index (χ1n) is 8.02. The topological polar surface area (TPSA) is 101 Å². The summed E-state index contributed by atoms with van der Waals surface area (Å²) in [5.41, 5.74) is 10.8. The Hall–Kier alpha value is -1.30. The molecule has 2 rings (SSSR count). The molecule has 0 aromatic rings. The maximum atomic E-state index is 12.8. The highest BCUT2D eigenvalue weighted by atomic mass is 16.2. The van der Waals surface area contributed by atoms with Crippen molar-refractivity contribution in [3.63, 3.8) is 0 Å². The molecule has 0 aromatic carbocycles. The smallest absolute Gasteiger partial charge is 0.312 e. The van der Waals surface area contributed by atoms with E-state index in [4.69, 9.17) is 11.5 Å². The molecule has 1 aliphatic carbocycles. The molecule has 2 fully saturated rings. The lowest BCUT2D eigenvalue weighted by atomic mass is 9.76. The zero-order chi connectivity index (χ0) is 15.5. The molecule has 0 aromatic heterocycles. The lowest BCUT2D eigenvalue weighted by Gasteiger charge is -2.42. The molecule has 3 unspecified atom stereocenters. The Bertz CT molecular complexity index is 401. The number of primary amides is 1. The summed E-state index contributed by atoms with van der Waals surface area (Å²) in [6.07, 6.45) is 5.74. The van der Waals surface area contributed by atoms with Gasteiger partial charge >= 0.3 is 6.03 Å².